The molecule has 0 spiro atoms. The second kappa shape index (κ2) is 14.9. The number of nitrogens with two attached hydrogens (primary N) is 1. The number of carboxylic acid groups (broad SMARTS) is 2. The van der Waals surface area contributed by atoms with Gasteiger partial charge in [-0.1, -0.05) is 6.92 Å². The number of aliphatic carboxylic acids is 2. The molecular formula is C36H45N5O6. The third-order valence-electron chi connectivity index (χ3n) is 8.79. The van der Waals surface area contributed by atoms with Crippen molar-refractivity contribution in [1.29, 1.82) is 0 Å². The van der Waals surface area contributed by atoms with E-state index in [2.05, 4.69) is 29.9 Å². The van der Waals surface area contributed by atoms with Gasteiger partial charge >= 0.3 is 11.9 Å². The number of hydrogen-bond donors (Lipinski definition) is 7. The van der Waals surface area contributed by atoms with Crippen LogP contribution in [0.3, 0.4) is 0 Å². The molecule has 0 saturated heterocycles. The predicted molar refractivity (Wildman–Crippen MR) is 185 cm³/mol. The van der Waals surface area contributed by atoms with Gasteiger partial charge in [-0.25, -0.2) is 9.97 Å². The molecule has 5 rings (SSSR count). The van der Waals surface area contributed by atoms with E-state index in [9.17, 15) is 24.9 Å². The van der Waals surface area contributed by atoms with Crippen LogP contribution in [0.15, 0.2) is 24.3 Å². The first-order valence-electron chi connectivity index (χ1n) is 15.9. The summed E-state index contributed by atoms with van der Waals surface area (Å²) >= 11 is 0. The Morgan fingerprint density at radius 1 is 0.766 bits per heavy atom. The first-order chi connectivity index (χ1) is 22.3. The normalized spacial score (nSPS) is 13.5. The van der Waals surface area contributed by atoms with E-state index < -0.39 is 18.0 Å². The molecule has 0 amide bonds. The monoisotopic (exact) mass is 643 g/mol. The lowest BCUT2D eigenvalue weighted by molar-refractivity contribution is -0.137. The third-order valence-corrected chi connectivity index (χ3v) is 8.79. The summed E-state index contributed by atoms with van der Waals surface area (Å²) in [5, 5.41) is 37.5. The molecule has 0 aromatic carbocycles. The maximum Gasteiger partial charge on any atom is 0.303 e. The Labute approximate surface area is 273 Å². The van der Waals surface area contributed by atoms with E-state index in [0.717, 1.165) is 73.2 Å². The fourth-order valence-electron chi connectivity index (χ4n) is 6.27. The van der Waals surface area contributed by atoms with Crippen LogP contribution in [0.4, 0.5) is 0 Å². The Kier molecular flexibility index (Phi) is 11.2. The predicted octanol–water partition coefficient (Wildman–Crippen LogP) is 6.08. The van der Waals surface area contributed by atoms with Gasteiger partial charge in [-0.05, 0) is 117 Å². The van der Waals surface area contributed by atoms with Gasteiger partial charge in [0.25, 0.3) is 0 Å². The van der Waals surface area contributed by atoms with Crippen LogP contribution in [0, 0.1) is 13.8 Å². The average molecular weight is 644 g/mol. The molecule has 0 radical (unpaired) electrons. The van der Waals surface area contributed by atoms with Crippen LogP contribution in [0.5, 0.6) is 0 Å². The zero-order chi connectivity index (χ0) is 34.6. The standard InChI is InChI=1S/C34H38N4O5.C2H7NO/c1-7-21-16(2)24-12-25-17(3)22(8-10-32(40)41)29(36-25)15-30-23(9-11-33(42)43)18(4)26(37-30)14-31-34(20(6)39)19(5)27(38-31)13-28(21)35-24;3-1-2-4/h12-15,20,35,38-39H,7-11H2,1-6H3,(H,40,41)(H,42,43);4H,1-3H2. The molecule has 2 aliphatic heterocycles. The summed E-state index contributed by atoms with van der Waals surface area (Å²) in [4.78, 5) is 40.1. The van der Waals surface area contributed by atoms with Gasteiger partial charge in [0.1, 0.15) is 0 Å². The number of allylic oxidation sites excluding steroid dienone is 4. The minimum absolute atomic E-state index is 0.0395. The number of aromatic nitrogens is 4. The third kappa shape index (κ3) is 7.54. The number of aliphatic hydroxyl groups is 2. The molecule has 3 aromatic rings. The summed E-state index contributed by atoms with van der Waals surface area (Å²) in [6.07, 6.45) is 0.583. The summed E-state index contributed by atoms with van der Waals surface area (Å²) in [5.41, 5.74) is 18.3. The number of nitrogens with one attached hydrogen (secondary N) is 2. The van der Waals surface area contributed by atoms with E-state index in [1.807, 2.05) is 39.0 Å². The molecule has 1 atom stereocenters. The number of carbonyl (C=O) groups is 2. The Morgan fingerprint density at radius 3 is 1.68 bits per heavy atom. The summed E-state index contributed by atoms with van der Waals surface area (Å²) in [6, 6.07) is 7.85. The number of hydrogen-bond acceptors (Lipinski definition) is 7. The molecule has 5 heterocycles. The van der Waals surface area contributed by atoms with Crippen LogP contribution in [-0.4, -0.2) is 65.5 Å². The van der Waals surface area contributed by atoms with Crippen LogP contribution in [-0.2, 0) is 16.0 Å². The average Bonchev–Trinajstić information content (AvgIpc) is 3.68. The zero-order valence-corrected chi connectivity index (χ0v) is 27.9. The second-order valence-electron chi connectivity index (χ2n) is 11.9. The van der Waals surface area contributed by atoms with E-state index in [1.165, 1.54) is 5.56 Å². The number of fused-ring (bicyclic) bond motifs is 8. The Hall–Kier alpha value is -4.58. The van der Waals surface area contributed by atoms with Crippen LogP contribution >= 0.6 is 0 Å². The van der Waals surface area contributed by atoms with Gasteiger partial charge in [-0.3, -0.25) is 9.59 Å². The molecule has 2 aliphatic rings. The first kappa shape index (κ1) is 35.3. The number of carboxylic acids is 2. The SMILES string of the molecule is CCc1c(C)c2cc3nc(cc4nc(cc5[nH]c(cc1[nH]2)c(C)c5C(C)O)C(C)=C4CCC(=O)O)C(CCC(=O)O)=C3C.NCCO. The quantitative estimate of drug-likeness (QED) is 0.144. The highest BCUT2D eigenvalue weighted by atomic mass is 16.4. The number of nitrogens with zero attached hydrogens (tertiary/aromatic N) is 2. The van der Waals surface area contributed by atoms with Gasteiger partial charge in [0.2, 0.25) is 0 Å². The van der Waals surface area contributed by atoms with Crippen molar-refractivity contribution in [3.63, 3.8) is 0 Å². The van der Waals surface area contributed by atoms with E-state index in [-0.39, 0.29) is 25.9 Å². The topological polar surface area (TPSA) is 198 Å². The van der Waals surface area contributed by atoms with Gasteiger partial charge in [0.05, 0.1) is 35.5 Å². The van der Waals surface area contributed by atoms with E-state index >= 15 is 0 Å². The molecule has 0 fully saturated rings. The number of rotatable bonds is 9. The van der Waals surface area contributed by atoms with Gasteiger partial charge in [-0.15, -0.1) is 0 Å². The first-order valence-corrected chi connectivity index (χ1v) is 15.9. The van der Waals surface area contributed by atoms with Crippen LogP contribution in [0.2, 0.25) is 0 Å². The Bertz CT molecular complexity index is 1930. The van der Waals surface area contributed by atoms with Crippen molar-refractivity contribution >= 4 is 56.3 Å². The smallest absolute Gasteiger partial charge is 0.303 e. The highest BCUT2D eigenvalue weighted by molar-refractivity contribution is 5.96. The largest absolute Gasteiger partial charge is 0.481 e. The molecule has 47 heavy (non-hydrogen) atoms. The van der Waals surface area contributed by atoms with Crippen molar-refractivity contribution in [3.8, 4) is 0 Å². The number of H-pyrrole nitrogens is 2. The van der Waals surface area contributed by atoms with Crippen molar-refractivity contribution < 1.29 is 30.0 Å². The molecule has 8 N–H and O–H groups in total. The van der Waals surface area contributed by atoms with Gasteiger partial charge in [0.15, 0.2) is 0 Å². The lowest BCUT2D eigenvalue weighted by Gasteiger charge is -2.05. The van der Waals surface area contributed by atoms with E-state index in [0.29, 0.717) is 30.0 Å². The number of aryl methyl sites for hydroxylation is 3. The van der Waals surface area contributed by atoms with Crippen LogP contribution < -0.4 is 5.73 Å². The molecule has 0 aliphatic carbocycles. The maximum absolute atomic E-state index is 11.5. The van der Waals surface area contributed by atoms with Crippen molar-refractivity contribution in [3.05, 3.63) is 69.3 Å². The molecule has 11 nitrogen and oxygen atoms in total. The molecular weight excluding hydrogens is 598 g/mol. The molecule has 1 unspecified atom stereocenters. The van der Waals surface area contributed by atoms with E-state index in [1.54, 1.807) is 6.92 Å². The van der Waals surface area contributed by atoms with Gasteiger partial charge < -0.3 is 36.1 Å². The van der Waals surface area contributed by atoms with Crippen LogP contribution in [0.25, 0.3) is 44.4 Å². The van der Waals surface area contributed by atoms with Crippen LogP contribution in [0.1, 0.15) is 105 Å². The summed E-state index contributed by atoms with van der Waals surface area (Å²) in [5.74, 6) is -1.79. The lowest BCUT2D eigenvalue weighted by Crippen LogP contribution is -2.02. The number of aliphatic hydroxyl groups excluding tert-OH is 2. The highest BCUT2D eigenvalue weighted by Crippen LogP contribution is 2.38. The summed E-state index contributed by atoms with van der Waals surface area (Å²) < 4.78 is 0. The fourth-order valence-corrected chi connectivity index (χ4v) is 6.27. The highest BCUT2D eigenvalue weighted by Gasteiger charge is 2.23. The zero-order valence-electron chi connectivity index (χ0n) is 27.9. The molecule has 3 aromatic heterocycles. The van der Waals surface area contributed by atoms with Gasteiger partial charge in [0, 0.05) is 47.0 Å². The number of aromatic amines is 2. The lowest BCUT2D eigenvalue weighted by atomic mass is 9.98. The molecule has 11 heteroatoms. The van der Waals surface area contributed by atoms with Crippen molar-refractivity contribution in [2.45, 2.75) is 79.8 Å². The van der Waals surface area contributed by atoms with Crippen molar-refractivity contribution in [1.82, 2.24) is 19.9 Å². The van der Waals surface area contributed by atoms with E-state index in [4.69, 9.17) is 20.8 Å². The summed E-state index contributed by atoms with van der Waals surface area (Å²) in [6.45, 7) is 12.3. The van der Waals surface area contributed by atoms with Gasteiger partial charge in [-0.2, -0.15) is 0 Å². The minimum atomic E-state index is -0.903. The minimum Gasteiger partial charge on any atom is -0.481 e. The fraction of sp³-hybridized carbons (Fsp3) is 0.389. The van der Waals surface area contributed by atoms with Crippen molar-refractivity contribution in [2.75, 3.05) is 13.2 Å². The second-order valence-corrected chi connectivity index (χ2v) is 11.9. The van der Waals surface area contributed by atoms with Crippen molar-refractivity contribution in [2.24, 2.45) is 5.73 Å². The Morgan fingerprint density at radius 2 is 1.23 bits per heavy atom. The molecule has 8 bridgehead atoms. The maximum atomic E-state index is 11.5. The Balaban J connectivity index is 0.00000118. The summed E-state index contributed by atoms with van der Waals surface area (Å²) in [7, 11) is 0. The molecule has 0 saturated carbocycles. The molecule has 250 valence electrons.